The van der Waals surface area contributed by atoms with Crippen molar-refractivity contribution in [2.45, 2.75) is 12.5 Å². The second-order valence-corrected chi connectivity index (χ2v) is 7.58. The molecule has 0 radical (unpaired) electrons. The largest absolute Gasteiger partial charge is 0.497 e. The van der Waals surface area contributed by atoms with E-state index in [2.05, 4.69) is 0 Å². The SMILES string of the molecule is COc1ccc2c3c(ccc2c1)OC(c1ccc(C)cc1)(c1ccccc1F)C=C3. The molecule has 4 aromatic rings. The van der Waals surface area contributed by atoms with Gasteiger partial charge in [-0.1, -0.05) is 54.1 Å². The van der Waals surface area contributed by atoms with E-state index in [1.165, 1.54) is 6.07 Å². The average molecular weight is 396 g/mol. The standard InChI is InChI=1S/C27H21FO2/c1-18-7-10-20(11-8-18)27(24-5-3-4-6-25(24)28)16-15-23-22-13-12-21(29-2)17-19(22)9-14-26(23)30-27/h3-17H,1-2H3. The molecule has 3 heteroatoms. The molecule has 5 rings (SSSR count). The molecule has 0 bridgehead atoms. The van der Waals surface area contributed by atoms with Gasteiger partial charge in [0.1, 0.15) is 17.3 Å². The zero-order valence-corrected chi connectivity index (χ0v) is 16.9. The Morgan fingerprint density at radius 1 is 0.900 bits per heavy atom. The summed E-state index contributed by atoms with van der Waals surface area (Å²) >= 11 is 0. The molecule has 1 heterocycles. The summed E-state index contributed by atoms with van der Waals surface area (Å²) in [5, 5.41) is 2.13. The summed E-state index contributed by atoms with van der Waals surface area (Å²) in [5.41, 5.74) is 2.46. The lowest BCUT2D eigenvalue weighted by Crippen LogP contribution is -2.35. The lowest BCUT2D eigenvalue weighted by atomic mass is 9.82. The number of benzene rings is 4. The monoisotopic (exact) mass is 396 g/mol. The van der Waals surface area contributed by atoms with Gasteiger partial charge in [0.05, 0.1) is 7.11 Å². The molecule has 0 N–H and O–H groups in total. The van der Waals surface area contributed by atoms with E-state index < -0.39 is 5.60 Å². The zero-order valence-electron chi connectivity index (χ0n) is 16.9. The molecule has 0 saturated heterocycles. The fourth-order valence-corrected chi connectivity index (χ4v) is 4.13. The summed E-state index contributed by atoms with van der Waals surface area (Å²) in [7, 11) is 1.66. The van der Waals surface area contributed by atoms with Gasteiger partial charge >= 0.3 is 0 Å². The number of hydrogen-bond donors (Lipinski definition) is 0. The van der Waals surface area contributed by atoms with Crippen LogP contribution >= 0.6 is 0 Å². The fraction of sp³-hybridized carbons (Fsp3) is 0.111. The lowest BCUT2D eigenvalue weighted by molar-refractivity contribution is 0.156. The van der Waals surface area contributed by atoms with E-state index in [-0.39, 0.29) is 5.82 Å². The Kier molecular flexibility index (Phi) is 4.32. The Labute approximate surface area is 175 Å². The van der Waals surface area contributed by atoms with Crippen molar-refractivity contribution in [2.24, 2.45) is 0 Å². The summed E-state index contributed by atoms with van der Waals surface area (Å²) in [6, 6.07) is 24.8. The first-order valence-corrected chi connectivity index (χ1v) is 9.92. The highest BCUT2D eigenvalue weighted by Gasteiger charge is 2.39. The number of hydrogen-bond acceptors (Lipinski definition) is 2. The third-order valence-electron chi connectivity index (χ3n) is 5.74. The molecule has 0 saturated carbocycles. The van der Waals surface area contributed by atoms with Gasteiger partial charge in [-0.05, 0) is 60.2 Å². The molecule has 30 heavy (non-hydrogen) atoms. The van der Waals surface area contributed by atoms with E-state index in [1.807, 2.05) is 79.7 Å². The maximum absolute atomic E-state index is 15.0. The first kappa shape index (κ1) is 18.4. The van der Waals surface area contributed by atoms with E-state index >= 15 is 0 Å². The van der Waals surface area contributed by atoms with Gasteiger partial charge in [0.2, 0.25) is 0 Å². The van der Waals surface area contributed by atoms with Gasteiger partial charge in [0.15, 0.2) is 5.60 Å². The number of ether oxygens (including phenoxy) is 2. The molecule has 1 atom stereocenters. The van der Waals surface area contributed by atoms with Crippen LogP contribution in [0.3, 0.4) is 0 Å². The minimum atomic E-state index is -1.04. The van der Waals surface area contributed by atoms with Crippen LogP contribution in [0, 0.1) is 12.7 Å². The Bertz CT molecular complexity index is 1270. The topological polar surface area (TPSA) is 18.5 Å². The maximum atomic E-state index is 15.0. The molecule has 1 aliphatic rings. The third kappa shape index (κ3) is 2.86. The van der Waals surface area contributed by atoms with Crippen molar-refractivity contribution in [3.05, 3.63) is 113 Å². The molecule has 0 aliphatic carbocycles. The smallest absolute Gasteiger partial charge is 0.180 e. The number of rotatable bonds is 3. The van der Waals surface area contributed by atoms with Crippen molar-refractivity contribution in [3.8, 4) is 11.5 Å². The van der Waals surface area contributed by atoms with Gasteiger partial charge in [0, 0.05) is 16.7 Å². The second kappa shape index (κ2) is 7.03. The lowest BCUT2D eigenvalue weighted by Gasteiger charge is -2.36. The van der Waals surface area contributed by atoms with Crippen molar-refractivity contribution < 1.29 is 13.9 Å². The van der Waals surface area contributed by atoms with E-state index in [9.17, 15) is 4.39 Å². The van der Waals surface area contributed by atoms with E-state index in [0.29, 0.717) is 5.56 Å². The summed E-state index contributed by atoms with van der Waals surface area (Å²) in [4.78, 5) is 0. The molecule has 0 amide bonds. The minimum Gasteiger partial charge on any atom is -0.497 e. The van der Waals surface area contributed by atoms with Crippen LogP contribution in [0.15, 0.2) is 84.9 Å². The van der Waals surface area contributed by atoms with E-state index in [0.717, 1.165) is 39.0 Å². The predicted octanol–water partition coefficient (Wildman–Crippen LogP) is 6.65. The average Bonchev–Trinajstić information content (AvgIpc) is 2.79. The zero-order chi connectivity index (χ0) is 20.7. The summed E-state index contributed by atoms with van der Waals surface area (Å²) in [5.74, 6) is 1.24. The van der Waals surface area contributed by atoms with E-state index in [4.69, 9.17) is 9.47 Å². The van der Waals surface area contributed by atoms with Crippen LogP contribution in [0.1, 0.15) is 22.3 Å². The van der Waals surface area contributed by atoms with Crippen molar-refractivity contribution >= 4 is 16.8 Å². The molecule has 2 nitrogen and oxygen atoms in total. The molecular weight excluding hydrogens is 375 g/mol. The van der Waals surface area contributed by atoms with Gasteiger partial charge in [-0.3, -0.25) is 0 Å². The fourth-order valence-electron chi connectivity index (χ4n) is 4.13. The van der Waals surface area contributed by atoms with Crippen molar-refractivity contribution in [2.75, 3.05) is 7.11 Å². The Morgan fingerprint density at radius 2 is 1.70 bits per heavy atom. The Hall–Kier alpha value is -3.59. The molecule has 1 unspecified atom stereocenters. The maximum Gasteiger partial charge on any atom is 0.180 e. The molecule has 0 aromatic heterocycles. The normalized spacial score (nSPS) is 17.4. The Balaban J connectivity index is 1.72. The molecule has 148 valence electrons. The number of methoxy groups -OCH3 is 1. The molecule has 1 aliphatic heterocycles. The van der Waals surface area contributed by atoms with Crippen LogP contribution in [0.25, 0.3) is 16.8 Å². The highest BCUT2D eigenvalue weighted by molar-refractivity contribution is 5.94. The first-order valence-electron chi connectivity index (χ1n) is 9.92. The van der Waals surface area contributed by atoms with Crippen LogP contribution in [0.2, 0.25) is 0 Å². The van der Waals surface area contributed by atoms with Gasteiger partial charge < -0.3 is 9.47 Å². The molecular formula is C27H21FO2. The summed E-state index contributed by atoms with van der Waals surface area (Å²) in [6.45, 7) is 2.03. The number of aryl methyl sites for hydroxylation is 1. The molecule has 4 aromatic carbocycles. The van der Waals surface area contributed by atoms with Gasteiger partial charge in [-0.2, -0.15) is 0 Å². The van der Waals surface area contributed by atoms with Crippen molar-refractivity contribution in [3.63, 3.8) is 0 Å². The highest BCUT2D eigenvalue weighted by Crippen LogP contribution is 2.45. The number of halogens is 1. The van der Waals surface area contributed by atoms with Crippen molar-refractivity contribution in [1.82, 2.24) is 0 Å². The number of fused-ring (bicyclic) bond motifs is 3. The molecule has 0 fully saturated rings. The van der Waals surface area contributed by atoms with Gasteiger partial charge in [0.25, 0.3) is 0 Å². The highest BCUT2D eigenvalue weighted by atomic mass is 19.1. The van der Waals surface area contributed by atoms with Crippen LogP contribution in [0.5, 0.6) is 11.5 Å². The summed E-state index contributed by atoms with van der Waals surface area (Å²) < 4.78 is 26.9. The third-order valence-corrected chi connectivity index (χ3v) is 5.74. The predicted molar refractivity (Wildman–Crippen MR) is 119 cm³/mol. The van der Waals surface area contributed by atoms with Crippen LogP contribution in [-0.2, 0) is 5.60 Å². The summed E-state index contributed by atoms with van der Waals surface area (Å²) in [6.07, 6.45) is 4.00. The second-order valence-electron chi connectivity index (χ2n) is 7.58. The quantitative estimate of drug-likeness (QED) is 0.386. The first-order chi connectivity index (χ1) is 14.6. The van der Waals surface area contributed by atoms with Gasteiger partial charge in [-0.25, -0.2) is 4.39 Å². The Morgan fingerprint density at radius 3 is 2.47 bits per heavy atom. The van der Waals surface area contributed by atoms with E-state index in [1.54, 1.807) is 19.2 Å². The van der Waals surface area contributed by atoms with Gasteiger partial charge in [-0.15, -0.1) is 0 Å². The van der Waals surface area contributed by atoms with Crippen LogP contribution in [-0.4, -0.2) is 7.11 Å². The van der Waals surface area contributed by atoms with Crippen molar-refractivity contribution in [1.29, 1.82) is 0 Å². The van der Waals surface area contributed by atoms with Crippen LogP contribution in [0.4, 0.5) is 4.39 Å². The minimum absolute atomic E-state index is 0.295. The van der Waals surface area contributed by atoms with Crippen LogP contribution < -0.4 is 9.47 Å². The molecule has 0 spiro atoms.